The third kappa shape index (κ3) is 4.04. The standard InChI is InChI=1S/C15H15N3O3/c16-14(19)12-4-5-13(18-9-12)17-7-6-10-2-1-3-11(8-10)15(20)21/h1-5,8-9H,6-7H2,(H2,16,19)(H,17,18)(H,20,21). The van der Waals surface area contributed by atoms with Gasteiger partial charge in [-0.2, -0.15) is 0 Å². The lowest BCUT2D eigenvalue weighted by atomic mass is 10.1. The van der Waals surface area contributed by atoms with Crippen LogP contribution >= 0.6 is 0 Å². The number of rotatable bonds is 6. The number of nitrogens with two attached hydrogens (primary N) is 1. The highest BCUT2D eigenvalue weighted by atomic mass is 16.4. The zero-order chi connectivity index (χ0) is 15.2. The number of hydrogen-bond acceptors (Lipinski definition) is 4. The molecule has 2 rings (SSSR count). The van der Waals surface area contributed by atoms with Crippen LogP contribution in [0.1, 0.15) is 26.3 Å². The number of benzene rings is 1. The molecule has 108 valence electrons. The first-order valence-corrected chi connectivity index (χ1v) is 6.38. The number of carboxylic acid groups (broad SMARTS) is 1. The predicted octanol–water partition coefficient (Wildman–Crippen LogP) is 1.53. The van der Waals surface area contributed by atoms with Crippen molar-refractivity contribution in [3.8, 4) is 0 Å². The molecule has 0 aliphatic rings. The maximum absolute atomic E-state index is 10.9. The van der Waals surface area contributed by atoms with Crippen LogP contribution in [-0.2, 0) is 6.42 Å². The maximum atomic E-state index is 10.9. The minimum absolute atomic E-state index is 0.274. The van der Waals surface area contributed by atoms with E-state index in [1.165, 1.54) is 6.20 Å². The van der Waals surface area contributed by atoms with Crippen LogP contribution in [0.4, 0.5) is 5.82 Å². The first-order chi connectivity index (χ1) is 10.1. The van der Waals surface area contributed by atoms with E-state index in [1.807, 2.05) is 6.07 Å². The lowest BCUT2D eigenvalue weighted by Gasteiger charge is -2.06. The van der Waals surface area contributed by atoms with Crippen molar-refractivity contribution in [3.63, 3.8) is 0 Å². The van der Waals surface area contributed by atoms with Crippen molar-refractivity contribution >= 4 is 17.7 Å². The largest absolute Gasteiger partial charge is 0.478 e. The highest BCUT2D eigenvalue weighted by Crippen LogP contribution is 2.08. The summed E-state index contributed by atoms with van der Waals surface area (Å²) >= 11 is 0. The van der Waals surface area contributed by atoms with Crippen LogP contribution in [0, 0.1) is 0 Å². The number of primary amides is 1. The second kappa shape index (κ2) is 6.51. The summed E-state index contributed by atoms with van der Waals surface area (Å²) in [5.74, 6) is -0.817. The molecule has 1 heterocycles. The van der Waals surface area contributed by atoms with Crippen LogP contribution in [0.25, 0.3) is 0 Å². The van der Waals surface area contributed by atoms with Crippen LogP contribution < -0.4 is 11.1 Å². The summed E-state index contributed by atoms with van der Waals surface area (Å²) in [6.45, 7) is 0.603. The van der Waals surface area contributed by atoms with Crippen LogP contribution in [0.2, 0.25) is 0 Å². The van der Waals surface area contributed by atoms with E-state index in [-0.39, 0.29) is 5.56 Å². The van der Waals surface area contributed by atoms with E-state index in [2.05, 4.69) is 10.3 Å². The molecule has 0 atom stereocenters. The Morgan fingerprint density at radius 3 is 2.62 bits per heavy atom. The predicted molar refractivity (Wildman–Crippen MR) is 78.3 cm³/mol. The molecule has 1 aromatic heterocycles. The van der Waals surface area contributed by atoms with Crippen LogP contribution in [0.5, 0.6) is 0 Å². The van der Waals surface area contributed by atoms with Gasteiger partial charge in [0.15, 0.2) is 0 Å². The summed E-state index contributed by atoms with van der Waals surface area (Å²) in [5.41, 5.74) is 6.69. The molecule has 6 nitrogen and oxygen atoms in total. The fourth-order valence-electron chi connectivity index (χ4n) is 1.84. The lowest BCUT2D eigenvalue weighted by molar-refractivity contribution is 0.0696. The lowest BCUT2D eigenvalue weighted by Crippen LogP contribution is -2.12. The van der Waals surface area contributed by atoms with Crippen LogP contribution in [0.15, 0.2) is 42.6 Å². The van der Waals surface area contributed by atoms with Gasteiger partial charge in [-0.3, -0.25) is 4.79 Å². The summed E-state index contributed by atoms with van der Waals surface area (Å²) in [7, 11) is 0. The summed E-state index contributed by atoms with van der Waals surface area (Å²) < 4.78 is 0. The summed E-state index contributed by atoms with van der Waals surface area (Å²) in [6.07, 6.45) is 2.08. The Balaban J connectivity index is 1.90. The molecule has 4 N–H and O–H groups in total. The summed E-state index contributed by atoms with van der Waals surface area (Å²) in [6, 6.07) is 10.1. The van der Waals surface area contributed by atoms with E-state index in [0.29, 0.717) is 24.3 Å². The Morgan fingerprint density at radius 1 is 1.19 bits per heavy atom. The molecule has 1 aromatic carbocycles. The first-order valence-electron chi connectivity index (χ1n) is 6.38. The van der Waals surface area contributed by atoms with Gasteiger partial charge in [0, 0.05) is 12.7 Å². The topological polar surface area (TPSA) is 105 Å². The number of nitrogens with zero attached hydrogens (tertiary/aromatic N) is 1. The Bertz CT molecular complexity index is 653. The summed E-state index contributed by atoms with van der Waals surface area (Å²) in [5, 5.41) is 12.0. The Hall–Kier alpha value is -2.89. The smallest absolute Gasteiger partial charge is 0.335 e. The Morgan fingerprint density at radius 2 is 2.00 bits per heavy atom. The van der Waals surface area contributed by atoms with E-state index in [4.69, 9.17) is 10.8 Å². The van der Waals surface area contributed by atoms with Crippen molar-refractivity contribution in [1.29, 1.82) is 0 Å². The fraction of sp³-hybridized carbons (Fsp3) is 0.133. The molecule has 6 heteroatoms. The molecular formula is C15H15N3O3. The van der Waals surface area contributed by atoms with Crippen molar-refractivity contribution in [3.05, 3.63) is 59.3 Å². The van der Waals surface area contributed by atoms with E-state index < -0.39 is 11.9 Å². The van der Waals surface area contributed by atoms with Crippen molar-refractivity contribution < 1.29 is 14.7 Å². The van der Waals surface area contributed by atoms with E-state index in [1.54, 1.807) is 30.3 Å². The molecule has 0 saturated carbocycles. The van der Waals surface area contributed by atoms with Gasteiger partial charge < -0.3 is 16.2 Å². The second-order valence-electron chi connectivity index (χ2n) is 4.48. The van der Waals surface area contributed by atoms with Gasteiger partial charge in [-0.05, 0) is 36.2 Å². The number of aromatic nitrogens is 1. The molecule has 2 aromatic rings. The van der Waals surface area contributed by atoms with Gasteiger partial charge in [-0.1, -0.05) is 12.1 Å². The molecule has 0 fully saturated rings. The maximum Gasteiger partial charge on any atom is 0.335 e. The van der Waals surface area contributed by atoms with Gasteiger partial charge in [-0.15, -0.1) is 0 Å². The van der Waals surface area contributed by atoms with E-state index in [0.717, 1.165) is 5.56 Å². The molecule has 0 radical (unpaired) electrons. The zero-order valence-electron chi connectivity index (χ0n) is 11.2. The summed E-state index contributed by atoms with van der Waals surface area (Å²) in [4.78, 5) is 25.9. The number of anilines is 1. The molecule has 0 spiro atoms. The SMILES string of the molecule is NC(=O)c1ccc(NCCc2cccc(C(=O)O)c2)nc1. The van der Waals surface area contributed by atoms with Gasteiger partial charge in [0.2, 0.25) is 5.91 Å². The number of amides is 1. The molecule has 1 amide bonds. The van der Waals surface area contributed by atoms with Gasteiger partial charge in [0.05, 0.1) is 11.1 Å². The molecule has 0 aliphatic heterocycles. The molecule has 21 heavy (non-hydrogen) atoms. The molecule has 0 bridgehead atoms. The number of hydrogen-bond donors (Lipinski definition) is 3. The van der Waals surface area contributed by atoms with Crippen LogP contribution in [-0.4, -0.2) is 28.5 Å². The number of aromatic carboxylic acids is 1. The van der Waals surface area contributed by atoms with Gasteiger partial charge in [0.1, 0.15) is 5.82 Å². The number of carbonyl (C=O) groups is 2. The Kier molecular flexibility index (Phi) is 4.50. The molecule has 0 aliphatic carbocycles. The Labute approximate surface area is 121 Å². The molecule has 0 unspecified atom stereocenters. The third-order valence-corrected chi connectivity index (χ3v) is 2.94. The number of carbonyl (C=O) groups excluding carboxylic acids is 1. The van der Waals surface area contributed by atoms with Crippen LogP contribution in [0.3, 0.4) is 0 Å². The van der Waals surface area contributed by atoms with E-state index in [9.17, 15) is 9.59 Å². The normalized spacial score (nSPS) is 10.1. The minimum atomic E-state index is -0.937. The van der Waals surface area contributed by atoms with Crippen molar-refractivity contribution in [2.24, 2.45) is 5.73 Å². The van der Waals surface area contributed by atoms with Gasteiger partial charge in [0.25, 0.3) is 0 Å². The van der Waals surface area contributed by atoms with Crippen molar-refractivity contribution in [1.82, 2.24) is 4.98 Å². The molecular weight excluding hydrogens is 270 g/mol. The van der Waals surface area contributed by atoms with E-state index >= 15 is 0 Å². The number of carboxylic acids is 1. The first kappa shape index (κ1) is 14.5. The van der Waals surface area contributed by atoms with Gasteiger partial charge >= 0.3 is 5.97 Å². The van der Waals surface area contributed by atoms with Crippen molar-refractivity contribution in [2.75, 3.05) is 11.9 Å². The average molecular weight is 285 g/mol. The highest BCUT2D eigenvalue weighted by molar-refractivity contribution is 5.92. The van der Waals surface area contributed by atoms with Gasteiger partial charge in [-0.25, -0.2) is 9.78 Å². The van der Waals surface area contributed by atoms with Crippen molar-refractivity contribution in [2.45, 2.75) is 6.42 Å². The minimum Gasteiger partial charge on any atom is -0.478 e. The zero-order valence-corrected chi connectivity index (χ0v) is 11.2. The fourth-order valence-corrected chi connectivity index (χ4v) is 1.84. The third-order valence-electron chi connectivity index (χ3n) is 2.94. The second-order valence-corrected chi connectivity index (χ2v) is 4.48. The number of nitrogens with one attached hydrogen (secondary N) is 1. The quantitative estimate of drug-likeness (QED) is 0.746. The molecule has 0 saturated heterocycles. The average Bonchev–Trinajstić information content (AvgIpc) is 2.48. The monoisotopic (exact) mass is 285 g/mol. The number of pyridine rings is 1. The highest BCUT2D eigenvalue weighted by Gasteiger charge is 2.04.